The van der Waals surface area contributed by atoms with Crippen LogP contribution in [0, 0.1) is 5.82 Å². The van der Waals surface area contributed by atoms with E-state index >= 15 is 0 Å². The molecular weight excluding hydrogens is 347 g/mol. The Morgan fingerprint density at radius 2 is 1.92 bits per heavy atom. The van der Waals surface area contributed by atoms with E-state index in [-0.39, 0.29) is 29.6 Å². The van der Waals surface area contributed by atoms with Gasteiger partial charge in [0.05, 0.1) is 23.7 Å². The summed E-state index contributed by atoms with van der Waals surface area (Å²) in [5.41, 5.74) is -0.178. The molecule has 25 heavy (non-hydrogen) atoms. The molecule has 1 aromatic rings. The van der Waals surface area contributed by atoms with Crippen molar-refractivity contribution in [1.29, 1.82) is 0 Å². The maximum absolute atomic E-state index is 14.3. The van der Waals surface area contributed by atoms with Gasteiger partial charge in [-0.15, -0.1) is 0 Å². The molecule has 6 nitrogen and oxygen atoms in total. The van der Waals surface area contributed by atoms with Crippen LogP contribution in [0.3, 0.4) is 0 Å². The molecule has 2 fully saturated rings. The van der Waals surface area contributed by atoms with Crippen LogP contribution in [0.15, 0.2) is 23.1 Å². The van der Waals surface area contributed by atoms with Crippen LogP contribution in [0.1, 0.15) is 36.5 Å². The van der Waals surface area contributed by atoms with Gasteiger partial charge in [0, 0.05) is 25.7 Å². The largest absolute Gasteiger partial charge is 0.379 e. The van der Waals surface area contributed by atoms with E-state index in [1.54, 1.807) is 4.90 Å². The second kappa shape index (κ2) is 7.39. The van der Waals surface area contributed by atoms with Crippen LogP contribution in [0.4, 0.5) is 4.39 Å². The number of morpholine rings is 1. The minimum Gasteiger partial charge on any atom is -0.379 e. The van der Waals surface area contributed by atoms with Crippen molar-refractivity contribution in [3.05, 3.63) is 29.6 Å². The highest BCUT2D eigenvalue weighted by Crippen LogP contribution is 2.24. The van der Waals surface area contributed by atoms with Gasteiger partial charge in [-0.25, -0.2) is 12.8 Å². The molecule has 1 unspecified atom stereocenters. The third-order valence-corrected chi connectivity index (χ3v) is 6.73. The Hall–Kier alpha value is -1.51. The first kappa shape index (κ1) is 18.3. The minimum absolute atomic E-state index is 0.0279. The maximum Gasteiger partial charge on any atom is 0.257 e. The number of likely N-dealkylation sites (tertiary alicyclic amines) is 1. The van der Waals surface area contributed by atoms with Gasteiger partial charge in [-0.05, 0) is 44.4 Å². The number of amides is 1. The van der Waals surface area contributed by atoms with Gasteiger partial charge in [0.25, 0.3) is 5.91 Å². The second-order valence-electron chi connectivity index (χ2n) is 6.50. The number of ether oxygens (including phenoxy) is 1. The Balaban J connectivity index is 1.91. The van der Waals surface area contributed by atoms with Gasteiger partial charge in [0.2, 0.25) is 10.0 Å². The Bertz CT molecular complexity index is 747. The molecule has 8 heteroatoms. The van der Waals surface area contributed by atoms with Crippen LogP contribution in [-0.2, 0) is 14.8 Å². The fraction of sp³-hybridized carbons (Fsp3) is 0.588. The van der Waals surface area contributed by atoms with E-state index in [2.05, 4.69) is 0 Å². The zero-order valence-electron chi connectivity index (χ0n) is 14.3. The molecule has 0 aromatic heterocycles. The number of benzene rings is 1. The quantitative estimate of drug-likeness (QED) is 0.815. The standard InChI is InChI=1S/C17H23FN2O4S/c1-13-4-2-3-7-20(13)17(21)15-12-14(5-6-16(15)18)25(22,23)19-8-10-24-11-9-19/h5-6,12-13H,2-4,7-11H2,1H3. The molecule has 1 aromatic carbocycles. The topological polar surface area (TPSA) is 66.9 Å². The summed E-state index contributed by atoms with van der Waals surface area (Å²) in [6.07, 6.45) is 2.79. The molecule has 0 saturated carbocycles. The molecular formula is C17H23FN2O4S. The lowest BCUT2D eigenvalue weighted by molar-refractivity contribution is 0.0630. The highest BCUT2D eigenvalue weighted by molar-refractivity contribution is 7.89. The molecule has 0 spiro atoms. The van der Waals surface area contributed by atoms with Gasteiger partial charge in [-0.3, -0.25) is 4.79 Å². The number of hydrogen-bond donors (Lipinski definition) is 0. The van der Waals surface area contributed by atoms with Gasteiger partial charge >= 0.3 is 0 Å². The number of sulfonamides is 1. The first-order valence-corrected chi connectivity index (χ1v) is 10.0. The first-order valence-electron chi connectivity index (χ1n) is 8.59. The van der Waals surface area contributed by atoms with E-state index in [9.17, 15) is 17.6 Å². The molecule has 3 rings (SSSR count). The fourth-order valence-corrected chi connectivity index (χ4v) is 4.75. The molecule has 2 aliphatic rings. The van der Waals surface area contributed by atoms with E-state index in [1.165, 1.54) is 16.4 Å². The third kappa shape index (κ3) is 3.70. The molecule has 0 radical (unpaired) electrons. The van der Waals surface area contributed by atoms with Crippen molar-refractivity contribution in [2.24, 2.45) is 0 Å². The summed E-state index contributed by atoms with van der Waals surface area (Å²) in [5.74, 6) is -1.13. The summed E-state index contributed by atoms with van der Waals surface area (Å²) in [7, 11) is -3.76. The lowest BCUT2D eigenvalue weighted by Crippen LogP contribution is -2.42. The summed E-state index contributed by atoms with van der Waals surface area (Å²) in [6, 6.07) is 3.48. The molecule has 2 aliphatic heterocycles. The number of carbonyl (C=O) groups excluding carboxylic acids is 1. The summed E-state index contributed by atoms with van der Waals surface area (Å²) < 4.78 is 46.2. The average Bonchev–Trinajstić information content (AvgIpc) is 2.62. The van der Waals surface area contributed by atoms with Crippen LogP contribution >= 0.6 is 0 Å². The molecule has 1 amide bonds. The monoisotopic (exact) mass is 370 g/mol. The van der Waals surface area contributed by atoms with E-state index in [0.29, 0.717) is 19.8 Å². The predicted octanol–water partition coefficient (Wildman–Crippen LogP) is 1.86. The zero-order chi connectivity index (χ0) is 18.0. The van der Waals surface area contributed by atoms with Crippen molar-refractivity contribution < 1.29 is 22.3 Å². The van der Waals surface area contributed by atoms with Gasteiger partial charge in [-0.1, -0.05) is 0 Å². The van der Waals surface area contributed by atoms with E-state index in [0.717, 1.165) is 25.3 Å². The Morgan fingerprint density at radius 3 is 2.60 bits per heavy atom. The maximum atomic E-state index is 14.3. The Kier molecular flexibility index (Phi) is 5.41. The van der Waals surface area contributed by atoms with Crippen LogP contribution < -0.4 is 0 Å². The minimum atomic E-state index is -3.76. The smallest absolute Gasteiger partial charge is 0.257 e. The van der Waals surface area contributed by atoms with Crippen LogP contribution in [0.2, 0.25) is 0 Å². The van der Waals surface area contributed by atoms with Gasteiger partial charge < -0.3 is 9.64 Å². The van der Waals surface area contributed by atoms with Gasteiger partial charge in [0.15, 0.2) is 0 Å². The van der Waals surface area contributed by atoms with Crippen LogP contribution in [0.25, 0.3) is 0 Å². The van der Waals surface area contributed by atoms with Crippen molar-refractivity contribution in [3.63, 3.8) is 0 Å². The average molecular weight is 370 g/mol. The second-order valence-corrected chi connectivity index (χ2v) is 8.44. The summed E-state index contributed by atoms with van der Waals surface area (Å²) >= 11 is 0. The highest BCUT2D eigenvalue weighted by Gasteiger charge is 2.30. The number of halogens is 1. The highest BCUT2D eigenvalue weighted by atomic mass is 32.2. The molecule has 0 bridgehead atoms. The zero-order valence-corrected chi connectivity index (χ0v) is 15.1. The third-order valence-electron chi connectivity index (χ3n) is 4.84. The summed E-state index contributed by atoms with van der Waals surface area (Å²) in [4.78, 5) is 14.3. The fourth-order valence-electron chi connectivity index (χ4n) is 3.32. The molecule has 0 aliphatic carbocycles. The van der Waals surface area contributed by atoms with E-state index in [4.69, 9.17) is 4.74 Å². The Labute approximate surface area is 147 Å². The van der Waals surface area contributed by atoms with E-state index < -0.39 is 21.7 Å². The SMILES string of the molecule is CC1CCCCN1C(=O)c1cc(S(=O)(=O)N2CCOCC2)ccc1F. The molecule has 0 N–H and O–H groups in total. The van der Waals surface area contributed by atoms with Crippen LogP contribution in [-0.4, -0.2) is 62.4 Å². The lowest BCUT2D eigenvalue weighted by Gasteiger charge is -2.33. The van der Waals surface area contributed by atoms with Gasteiger partial charge in [0.1, 0.15) is 5.82 Å². The van der Waals surface area contributed by atoms with E-state index in [1.807, 2.05) is 6.92 Å². The van der Waals surface area contributed by atoms with Crippen LogP contribution in [0.5, 0.6) is 0 Å². The molecule has 2 heterocycles. The van der Waals surface area contributed by atoms with Crippen molar-refractivity contribution in [2.45, 2.75) is 37.1 Å². The number of rotatable bonds is 3. The summed E-state index contributed by atoms with van der Waals surface area (Å²) in [5, 5.41) is 0. The number of hydrogen-bond acceptors (Lipinski definition) is 4. The van der Waals surface area contributed by atoms with Crippen molar-refractivity contribution in [1.82, 2.24) is 9.21 Å². The lowest BCUT2D eigenvalue weighted by atomic mass is 10.0. The first-order chi connectivity index (χ1) is 11.9. The summed E-state index contributed by atoms with van der Waals surface area (Å²) in [6.45, 7) is 3.68. The van der Waals surface area contributed by atoms with Gasteiger partial charge in [-0.2, -0.15) is 4.31 Å². The Morgan fingerprint density at radius 1 is 1.20 bits per heavy atom. The number of carbonyl (C=O) groups is 1. The van der Waals surface area contributed by atoms with Crippen molar-refractivity contribution in [3.8, 4) is 0 Å². The number of nitrogens with zero attached hydrogens (tertiary/aromatic N) is 2. The molecule has 1 atom stereocenters. The normalized spacial score (nSPS) is 22.8. The molecule has 138 valence electrons. The van der Waals surface area contributed by atoms with Crippen molar-refractivity contribution >= 4 is 15.9 Å². The van der Waals surface area contributed by atoms with Crippen molar-refractivity contribution in [2.75, 3.05) is 32.8 Å². The number of piperidine rings is 1. The predicted molar refractivity (Wildman–Crippen MR) is 90.3 cm³/mol. The molecule has 2 saturated heterocycles.